The molecule has 0 fully saturated rings. The van der Waals surface area contributed by atoms with Gasteiger partial charge in [0.2, 0.25) is 0 Å². The zero-order valence-electron chi connectivity index (χ0n) is 9.33. The minimum absolute atomic E-state index is 0.802. The number of anilines is 1. The molecule has 0 bridgehead atoms. The van der Waals surface area contributed by atoms with Gasteiger partial charge in [-0.3, -0.25) is 4.68 Å². The first-order chi connectivity index (χ1) is 7.69. The Balaban J connectivity index is 2.04. The third kappa shape index (κ3) is 2.57. The standard InChI is InChI=1S/C11H14ClN3S/c1-3-9-10(7-15(2)14-9)13-6-8-4-5-11(12)16-8/h4-5,7,13H,3,6H2,1-2H3. The first-order valence-corrected chi connectivity index (χ1v) is 6.39. The van der Waals surface area contributed by atoms with Gasteiger partial charge >= 0.3 is 0 Å². The highest BCUT2D eigenvalue weighted by Crippen LogP contribution is 2.23. The summed E-state index contributed by atoms with van der Waals surface area (Å²) in [7, 11) is 1.94. The lowest BCUT2D eigenvalue weighted by molar-refractivity contribution is 0.746. The highest BCUT2D eigenvalue weighted by molar-refractivity contribution is 7.16. The molecule has 16 heavy (non-hydrogen) atoms. The molecule has 0 aliphatic carbocycles. The third-order valence-corrected chi connectivity index (χ3v) is 3.55. The Morgan fingerprint density at radius 2 is 2.31 bits per heavy atom. The fourth-order valence-corrected chi connectivity index (χ4v) is 2.60. The largest absolute Gasteiger partial charge is 0.377 e. The van der Waals surface area contributed by atoms with E-state index in [0.717, 1.165) is 28.7 Å². The molecule has 2 rings (SSSR count). The fourth-order valence-electron chi connectivity index (χ4n) is 1.57. The molecule has 0 aliphatic heterocycles. The van der Waals surface area contributed by atoms with E-state index >= 15 is 0 Å². The van der Waals surface area contributed by atoms with Gasteiger partial charge in [-0.1, -0.05) is 18.5 Å². The maximum atomic E-state index is 5.88. The average Bonchev–Trinajstić information content (AvgIpc) is 2.81. The lowest BCUT2D eigenvalue weighted by Gasteiger charge is -2.02. The molecule has 3 nitrogen and oxygen atoms in total. The number of thiophene rings is 1. The van der Waals surface area contributed by atoms with Crippen molar-refractivity contribution in [3.05, 3.63) is 33.2 Å². The summed E-state index contributed by atoms with van der Waals surface area (Å²) in [4.78, 5) is 1.23. The topological polar surface area (TPSA) is 29.9 Å². The van der Waals surface area contributed by atoms with Crippen LogP contribution < -0.4 is 5.32 Å². The van der Waals surface area contributed by atoms with Crippen LogP contribution in [0, 0.1) is 0 Å². The molecular weight excluding hydrogens is 242 g/mol. The van der Waals surface area contributed by atoms with Crippen molar-refractivity contribution in [1.29, 1.82) is 0 Å². The van der Waals surface area contributed by atoms with Crippen molar-refractivity contribution in [3.63, 3.8) is 0 Å². The van der Waals surface area contributed by atoms with E-state index < -0.39 is 0 Å². The Morgan fingerprint density at radius 3 is 2.94 bits per heavy atom. The maximum absolute atomic E-state index is 5.88. The number of hydrogen-bond donors (Lipinski definition) is 1. The predicted octanol–water partition coefficient (Wildman–Crippen LogP) is 3.31. The number of aryl methyl sites for hydroxylation is 2. The molecule has 2 aromatic rings. The summed E-state index contributed by atoms with van der Waals surface area (Å²) in [6.45, 7) is 2.91. The van der Waals surface area contributed by atoms with E-state index in [9.17, 15) is 0 Å². The number of aromatic nitrogens is 2. The van der Waals surface area contributed by atoms with Crippen LogP contribution in [0.1, 0.15) is 17.5 Å². The monoisotopic (exact) mass is 255 g/mol. The van der Waals surface area contributed by atoms with Crippen molar-refractivity contribution in [2.75, 3.05) is 5.32 Å². The van der Waals surface area contributed by atoms with Crippen molar-refractivity contribution in [1.82, 2.24) is 9.78 Å². The second-order valence-corrected chi connectivity index (χ2v) is 5.38. The summed E-state index contributed by atoms with van der Waals surface area (Å²) in [5.41, 5.74) is 2.21. The Labute approximate surface area is 104 Å². The zero-order valence-corrected chi connectivity index (χ0v) is 10.9. The molecule has 2 heterocycles. The molecule has 0 unspecified atom stereocenters. The van der Waals surface area contributed by atoms with E-state index in [1.54, 1.807) is 11.3 Å². The van der Waals surface area contributed by atoms with Crippen LogP contribution in [0.2, 0.25) is 4.34 Å². The van der Waals surface area contributed by atoms with Gasteiger partial charge in [-0.05, 0) is 18.6 Å². The molecule has 0 saturated heterocycles. The normalized spacial score (nSPS) is 10.7. The van der Waals surface area contributed by atoms with Gasteiger partial charge in [0.1, 0.15) is 0 Å². The minimum atomic E-state index is 0.802. The Kier molecular flexibility index (Phi) is 3.51. The van der Waals surface area contributed by atoms with Gasteiger partial charge in [0.25, 0.3) is 0 Å². The highest BCUT2D eigenvalue weighted by atomic mass is 35.5. The van der Waals surface area contributed by atoms with Crippen LogP contribution in [-0.4, -0.2) is 9.78 Å². The van der Waals surface area contributed by atoms with Crippen molar-refractivity contribution < 1.29 is 0 Å². The molecule has 0 atom stereocenters. The van der Waals surface area contributed by atoms with E-state index in [-0.39, 0.29) is 0 Å². The first-order valence-electron chi connectivity index (χ1n) is 5.19. The van der Waals surface area contributed by atoms with E-state index in [2.05, 4.69) is 17.3 Å². The molecule has 5 heteroatoms. The Morgan fingerprint density at radius 1 is 1.50 bits per heavy atom. The number of nitrogens with zero attached hydrogens (tertiary/aromatic N) is 2. The molecule has 0 saturated carbocycles. The maximum Gasteiger partial charge on any atom is 0.0931 e. The molecule has 0 spiro atoms. The second kappa shape index (κ2) is 4.89. The molecule has 0 radical (unpaired) electrons. The van der Waals surface area contributed by atoms with Crippen molar-refractivity contribution in [2.24, 2.45) is 7.05 Å². The summed E-state index contributed by atoms with van der Waals surface area (Å²) in [6, 6.07) is 3.97. The molecular formula is C11H14ClN3S. The van der Waals surface area contributed by atoms with Crippen LogP contribution >= 0.6 is 22.9 Å². The SMILES string of the molecule is CCc1nn(C)cc1NCc1ccc(Cl)s1. The quantitative estimate of drug-likeness (QED) is 0.909. The fraction of sp³-hybridized carbons (Fsp3) is 0.364. The van der Waals surface area contributed by atoms with E-state index in [1.807, 2.05) is 30.1 Å². The molecule has 0 aromatic carbocycles. The first kappa shape index (κ1) is 11.5. The third-order valence-electron chi connectivity index (χ3n) is 2.32. The summed E-state index contributed by atoms with van der Waals surface area (Å²) in [5.74, 6) is 0. The summed E-state index contributed by atoms with van der Waals surface area (Å²) in [5, 5.41) is 7.76. The summed E-state index contributed by atoms with van der Waals surface area (Å²) < 4.78 is 2.67. The van der Waals surface area contributed by atoms with Crippen LogP contribution in [0.4, 0.5) is 5.69 Å². The number of nitrogens with one attached hydrogen (secondary N) is 1. The second-order valence-electron chi connectivity index (χ2n) is 3.58. The van der Waals surface area contributed by atoms with Gasteiger partial charge in [-0.25, -0.2) is 0 Å². The van der Waals surface area contributed by atoms with Crippen molar-refractivity contribution in [2.45, 2.75) is 19.9 Å². The Hall–Kier alpha value is -1.000. The van der Waals surface area contributed by atoms with Gasteiger partial charge in [-0.2, -0.15) is 5.10 Å². The van der Waals surface area contributed by atoms with Gasteiger partial charge in [0, 0.05) is 24.7 Å². The van der Waals surface area contributed by atoms with Gasteiger partial charge in [0.05, 0.1) is 15.7 Å². The molecule has 0 aliphatic rings. The molecule has 1 N–H and O–H groups in total. The number of halogens is 1. The predicted molar refractivity (Wildman–Crippen MR) is 69.2 cm³/mol. The lowest BCUT2D eigenvalue weighted by atomic mass is 10.3. The van der Waals surface area contributed by atoms with Crippen LogP contribution in [0.15, 0.2) is 18.3 Å². The van der Waals surface area contributed by atoms with E-state index in [0.29, 0.717) is 0 Å². The van der Waals surface area contributed by atoms with Crippen LogP contribution in [-0.2, 0) is 20.0 Å². The minimum Gasteiger partial charge on any atom is -0.377 e. The number of hydrogen-bond acceptors (Lipinski definition) is 3. The van der Waals surface area contributed by atoms with Crippen LogP contribution in [0.3, 0.4) is 0 Å². The van der Waals surface area contributed by atoms with Crippen molar-refractivity contribution in [3.8, 4) is 0 Å². The van der Waals surface area contributed by atoms with Gasteiger partial charge in [0.15, 0.2) is 0 Å². The van der Waals surface area contributed by atoms with E-state index in [1.165, 1.54) is 4.88 Å². The summed E-state index contributed by atoms with van der Waals surface area (Å²) >= 11 is 7.48. The number of rotatable bonds is 4. The van der Waals surface area contributed by atoms with E-state index in [4.69, 9.17) is 11.6 Å². The summed E-state index contributed by atoms with van der Waals surface area (Å²) in [6.07, 6.45) is 2.95. The molecule has 0 amide bonds. The molecule has 86 valence electrons. The van der Waals surface area contributed by atoms with Crippen LogP contribution in [0.25, 0.3) is 0 Å². The van der Waals surface area contributed by atoms with Gasteiger partial charge in [-0.15, -0.1) is 11.3 Å². The zero-order chi connectivity index (χ0) is 11.5. The molecule has 2 aromatic heterocycles. The Bertz CT molecular complexity index is 475. The highest BCUT2D eigenvalue weighted by Gasteiger charge is 2.05. The smallest absolute Gasteiger partial charge is 0.0931 e. The van der Waals surface area contributed by atoms with Crippen molar-refractivity contribution >= 4 is 28.6 Å². The average molecular weight is 256 g/mol. The van der Waals surface area contributed by atoms with Crippen LogP contribution in [0.5, 0.6) is 0 Å². The lowest BCUT2D eigenvalue weighted by Crippen LogP contribution is -1.98. The van der Waals surface area contributed by atoms with Gasteiger partial charge < -0.3 is 5.32 Å².